The quantitative estimate of drug-likeness (QED) is 0.419. The predicted octanol–water partition coefficient (Wildman–Crippen LogP) is 0.882. The highest BCUT2D eigenvalue weighted by atomic mass is 16.6. The molecule has 0 amide bonds. The normalized spacial score (nSPS) is 14.9. The van der Waals surface area contributed by atoms with Crippen molar-refractivity contribution >= 4 is 11.6 Å². The van der Waals surface area contributed by atoms with Crippen LogP contribution in [-0.2, 0) is 7.05 Å². The van der Waals surface area contributed by atoms with E-state index in [2.05, 4.69) is 15.6 Å². The fourth-order valence-electron chi connectivity index (χ4n) is 1.64. The zero-order chi connectivity index (χ0) is 12.3. The number of aromatic nitrogens is 2. The molecule has 0 aliphatic heterocycles. The Kier molecular flexibility index (Phi) is 3.58. The first kappa shape index (κ1) is 11.8. The van der Waals surface area contributed by atoms with E-state index in [0.29, 0.717) is 18.4 Å². The summed E-state index contributed by atoms with van der Waals surface area (Å²) in [4.78, 5) is 14.0. The van der Waals surface area contributed by atoms with E-state index in [-0.39, 0.29) is 5.82 Å². The smallest absolute Gasteiger partial charge is 0.364 e. The van der Waals surface area contributed by atoms with Gasteiger partial charge in [-0.05, 0) is 35.7 Å². The molecule has 0 spiro atoms. The van der Waals surface area contributed by atoms with Gasteiger partial charge in [0.15, 0.2) is 0 Å². The van der Waals surface area contributed by atoms with Crippen molar-refractivity contribution in [2.24, 2.45) is 7.05 Å². The van der Waals surface area contributed by atoms with Gasteiger partial charge in [-0.2, -0.15) is 0 Å². The van der Waals surface area contributed by atoms with Crippen molar-refractivity contribution in [2.75, 3.05) is 18.4 Å². The van der Waals surface area contributed by atoms with Crippen LogP contribution >= 0.6 is 0 Å². The highest BCUT2D eigenvalue weighted by Gasteiger charge is 2.20. The summed E-state index contributed by atoms with van der Waals surface area (Å²) in [5.41, 5.74) is 0. The molecule has 2 N–H and O–H groups in total. The first-order valence-corrected chi connectivity index (χ1v) is 5.81. The highest BCUT2D eigenvalue weighted by molar-refractivity contribution is 5.51. The van der Waals surface area contributed by atoms with E-state index in [4.69, 9.17) is 0 Å². The van der Waals surface area contributed by atoms with Crippen LogP contribution in [0.2, 0.25) is 0 Å². The second-order valence-electron chi connectivity index (χ2n) is 4.29. The second kappa shape index (κ2) is 5.13. The molecule has 1 aliphatic rings. The lowest BCUT2D eigenvalue weighted by molar-refractivity contribution is -0.388. The first-order valence-electron chi connectivity index (χ1n) is 5.81. The molecule has 0 radical (unpaired) electrons. The third-order valence-corrected chi connectivity index (χ3v) is 2.75. The predicted molar refractivity (Wildman–Crippen MR) is 64.0 cm³/mol. The first-order chi connectivity index (χ1) is 8.18. The monoisotopic (exact) mass is 239 g/mol. The number of anilines is 1. The Hall–Kier alpha value is -1.63. The van der Waals surface area contributed by atoms with Gasteiger partial charge in [-0.1, -0.05) is 0 Å². The average Bonchev–Trinajstić information content (AvgIpc) is 3.03. The van der Waals surface area contributed by atoms with Gasteiger partial charge in [-0.15, -0.1) is 0 Å². The molecule has 2 rings (SSSR count). The van der Waals surface area contributed by atoms with Crippen molar-refractivity contribution in [1.29, 1.82) is 0 Å². The van der Waals surface area contributed by atoms with Crippen LogP contribution in [0.25, 0.3) is 0 Å². The summed E-state index contributed by atoms with van der Waals surface area (Å²) in [5.74, 6) is 0.365. The maximum absolute atomic E-state index is 10.7. The number of nitrogens with zero attached hydrogens (tertiary/aromatic N) is 3. The van der Waals surface area contributed by atoms with Crippen molar-refractivity contribution in [3.8, 4) is 0 Å². The molecule has 0 atom stereocenters. The minimum absolute atomic E-state index is 0.109. The molecule has 1 aromatic rings. The molecule has 1 aromatic heterocycles. The summed E-state index contributed by atoms with van der Waals surface area (Å²) in [6, 6.07) is 0.709. The lowest BCUT2D eigenvalue weighted by Crippen LogP contribution is -2.20. The van der Waals surface area contributed by atoms with E-state index in [1.54, 1.807) is 11.6 Å². The minimum atomic E-state index is -0.467. The van der Waals surface area contributed by atoms with Gasteiger partial charge >= 0.3 is 5.82 Å². The van der Waals surface area contributed by atoms with Gasteiger partial charge in [0.25, 0.3) is 0 Å². The summed E-state index contributed by atoms with van der Waals surface area (Å²) >= 11 is 0. The lowest BCUT2D eigenvalue weighted by atomic mass is 10.4. The fraction of sp³-hybridized carbons (Fsp3) is 0.700. The standard InChI is InChI=1S/C10H17N5O2/c1-14-7-13-10(15(16)17)9(14)12-6-2-5-11-8-3-4-8/h7-8,11-12H,2-6H2,1H3. The van der Waals surface area contributed by atoms with Crippen LogP contribution < -0.4 is 10.6 Å². The molecule has 0 saturated heterocycles. The zero-order valence-electron chi connectivity index (χ0n) is 9.85. The summed E-state index contributed by atoms with van der Waals surface area (Å²) in [7, 11) is 1.74. The highest BCUT2D eigenvalue weighted by Crippen LogP contribution is 2.21. The number of hydrogen-bond acceptors (Lipinski definition) is 5. The Morgan fingerprint density at radius 3 is 3.00 bits per heavy atom. The number of imidazole rings is 1. The molecule has 0 bridgehead atoms. The zero-order valence-corrected chi connectivity index (χ0v) is 9.85. The topological polar surface area (TPSA) is 85.0 Å². The van der Waals surface area contributed by atoms with E-state index in [1.807, 2.05) is 0 Å². The summed E-state index contributed by atoms with van der Waals surface area (Å²) in [6.45, 7) is 1.66. The largest absolute Gasteiger partial charge is 0.406 e. The number of rotatable bonds is 7. The molecule has 1 aliphatic carbocycles. The van der Waals surface area contributed by atoms with Crippen LogP contribution in [0.3, 0.4) is 0 Å². The van der Waals surface area contributed by atoms with Crippen LogP contribution in [-0.4, -0.2) is 33.6 Å². The molecule has 0 unspecified atom stereocenters. The average molecular weight is 239 g/mol. The Balaban J connectivity index is 1.76. The summed E-state index contributed by atoms with van der Waals surface area (Å²) in [6.07, 6.45) is 4.95. The third kappa shape index (κ3) is 3.16. The van der Waals surface area contributed by atoms with Crippen LogP contribution in [0.1, 0.15) is 19.3 Å². The molecular formula is C10H17N5O2. The van der Waals surface area contributed by atoms with Crippen molar-refractivity contribution in [3.05, 3.63) is 16.4 Å². The molecule has 94 valence electrons. The van der Waals surface area contributed by atoms with Crippen LogP contribution in [0.5, 0.6) is 0 Å². The molecule has 17 heavy (non-hydrogen) atoms. The van der Waals surface area contributed by atoms with Crippen LogP contribution in [0, 0.1) is 10.1 Å². The van der Waals surface area contributed by atoms with Gasteiger partial charge in [-0.3, -0.25) is 4.57 Å². The lowest BCUT2D eigenvalue weighted by Gasteiger charge is -2.06. The van der Waals surface area contributed by atoms with E-state index >= 15 is 0 Å². The van der Waals surface area contributed by atoms with E-state index in [1.165, 1.54) is 19.2 Å². The SMILES string of the molecule is Cn1cnc([N+](=O)[O-])c1NCCCNC1CC1. The van der Waals surface area contributed by atoms with Gasteiger partial charge in [0, 0.05) is 19.6 Å². The fourth-order valence-corrected chi connectivity index (χ4v) is 1.64. The van der Waals surface area contributed by atoms with Crippen molar-refractivity contribution in [2.45, 2.75) is 25.3 Å². The van der Waals surface area contributed by atoms with Crippen molar-refractivity contribution in [1.82, 2.24) is 14.9 Å². The Morgan fingerprint density at radius 2 is 2.35 bits per heavy atom. The third-order valence-electron chi connectivity index (χ3n) is 2.75. The Labute approximate surface area is 99.4 Å². The van der Waals surface area contributed by atoms with E-state index in [9.17, 15) is 10.1 Å². The summed E-state index contributed by atoms with van der Waals surface area (Å²) < 4.78 is 1.63. The second-order valence-corrected chi connectivity index (χ2v) is 4.29. The maximum Gasteiger partial charge on any atom is 0.406 e. The van der Waals surface area contributed by atoms with Gasteiger partial charge < -0.3 is 20.7 Å². The van der Waals surface area contributed by atoms with Crippen molar-refractivity contribution < 1.29 is 4.92 Å². The van der Waals surface area contributed by atoms with E-state index in [0.717, 1.165) is 13.0 Å². The molecule has 0 aromatic carbocycles. The molecular weight excluding hydrogens is 222 g/mol. The molecule has 7 heteroatoms. The van der Waals surface area contributed by atoms with Gasteiger partial charge in [-0.25, -0.2) is 0 Å². The Bertz CT molecular complexity index is 399. The van der Waals surface area contributed by atoms with Gasteiger partial charge in [0.2, 0.25) is 12.1 Å². The number of hydrogen-bond donors (Lipinski definition) is 2. The van der Waals surface area contributed by atoms with Gasteiger partial charge in [0.05, 0.1) is 0 Å². The van der Waals surface area contributed by atoms with Gasteiger partial charge in [0.1, 0.15) is 0 Å². The maximum atomic E-state index is 10.7. The number of nitrogens with one attached hydrogen (secondary N) is 2. The van der Waals surface area contributed by atoms with Crippen LogP contribution in [0.15, 0.2) is 6.33 Å². The Morgan fingerprint density at radius 1 is 1.59 bits per heavy atom. The molecule has 1 fully saturated rings. The number of nitro groups is 1. The molecule has 1 saturated carbocycles. The summed E-state index contributed by atoms with van der Waals surface area (Å²) in [5, 5.41) is 17.1. The van der Waals surface area contributed by atoms with Crippen LogP contribution in [0.4, 0.5) is 11.6 Å². The molecule has 1 heterocycles. The molecule has 7 nitrogen and oxygen atoms in total. The van der Waals surface area contributed by atoms with E-state index < -0.39 is 4.92 Å². The van der Waals surface area contributed by atoms with Crippen molar-refractivity contribution in [3.63, 3.8) is 0 Å². The number of aryl methyl sites for hydroxylation is 1. The minimum Gasteiger partial charge on any atom is -0.364 e.